The van der Waals surface area contributed by atoms with Gasteiger partial charge < -0.3 is 17.0 Å². The van der Waals surface area contributed by atoms with Gasteiger partial charge >= 0.3 is 0 Å². The predicted octanol–water partition coefficient (Wildman–Crippen LogP) is 1.18. The number of imidazole rings is 1. The van der Waals surface area contributed by atoms with Crippen LogP contribution in [0.4, 0.5) is 0 Å². The van der Waals surface area contributed by atoms with Crippen LogP contribution >= 0.6 is 0 Å². The molecule has 0 spiro atoms. The smallest absolute Gasteiger partial charge is 0.267 e. The highest BCUT2D eigenvalue weighted by Gasteiger charge is 2.07. The van der Waals surface area contributed by atoms with Gasteiger partial charge in [0.15, 0.2) is 6.20 Å². The number of rotatable bonds is 13. The van der Waals surface area contributed by atoms with E-state index >= 15 is 0 Å². The lowest BCUT2D eigenvalue weighted by molar-refractivity contribution is -0.696. The first-order valence-electron chi connectivity index (χ1n) is 9.13. The average molecular weight is 388 g/mol. The third-order valence-corrected chi connectivity index (χ3v) is 3.97. The molecule has 1 rings (SSSR count). The Balaban J connectivity index is 0.00000484. The van der Waals surface area contributed by atoms with Gasteiger partial charge in [-0.15, -0.1) is 4.68 Å². The Hall–Kier alpha value is -0.840. The molecule has 0 aliphatic carbocycles. The summed E-state index contributed by atoms with van der Waals surface area (Å²) in [6.45, 7) is 5.47. The van der Waals surface area contributed by atoms with Gasteiger partial charge in [-0.3, -0.25) is 4.79 Å². The van der Waals surface area contributed by atoms with E-state index in [1.165, 1.54) is 57.8 Å². The maximum atomic E-state index is 11.9. The summed E-state index contributed by atoms with van der Waals surface area (Å²) in [6, 6.07) is 0. The van der Waals surface area contributed by atoms with Crippen LogP contribution in [0.25, 0.3) is 0 Å². The zero-order valence-electron chi connectivity index (χ0n) is 14.9. The van der Waals surface area contributed by atoms with E-state index in [0.717, 1.165) is 13.0 Å². The Kier molecular flexibility index (Phi) is 14.2. The van der Waals surface area contributed by atoms with Crippen molar-refractivity contribution in [1.82, 2.24) is 4.68 Å². The highest BCUT2D eigenvalue weighted by molar-refractivity contribution is 5.83. The third-order valence-electron chi connectivity index (χ3n) is 3.97. The number of amides is 1. The van der Waals surface area contributed by atoms with Crippen molar-refractivity contribution in [3.8, 4) is 0 Å². The van der Waals surface area contributed by atoms with Crippen LogP contribution in [0.1, 0.15) is 84.5 Å². The van der Waals surface area contributed by atoms with E-state index in [1.54, 1.807) is 4.68 Å². The number of carbonyl (C=O) groups is 1. The minimum Gasteiger partial charge on any atom is -1.00 e. The van der Waals surface area contributed by atoms with E-state index < -0.39 is 0 Å². The van der Waals surface area contributed by atoms with Gasteiger partial charge in [-0.25, -0.2) is 4.57 Å². The van der Waals surface area contributed by atoms with Gasteiger partial charge in [-0.1, -0.05) is 58.8 Å². The second-order valence-corrected chi connectivity index (χ2v) is 6.17. The molecule has 1 aromatic rings. The van der Waals surface area contributed by atoms with E-state index in [2.05, 4.69) is 23.8 Å². The Morgan fingerprint density at radius 1 is 0.957 bits per heavy atom. The SMILES string of the molecule is CCCCCCCCCC(=O)Nn1cc[n+](CCCCC)c1.[Br-]. The molecule has 5 heteroatoms. The van der Waals surface area contributed by atoms with Crippen LogP contribution in [-0.2, 0) is 11.3 Å². The Labute approximate surface area is 152 Å². The number of unbranched alkanes of at least 4 members (excludes halogenated alkanes) is 8. The van der Waals surface area contributed by atoms with Crippen molar-refractivity contribution in [2.24, 2.45) is 0 Å². The number of nitrogens with zero attached hydrogens (tertiary/aromatic N) is 2. The summed E-state index contributed by atoms with van der Waals surface area (Å²) >= 11 is 0. The maximum absolute atomic E-state index is 11.9. The molecule has 0 aliphatic heterocycles. The first-order valence-corrected chi connectivity index (χ1v) is 9.13. The van der Waals surface area contributed by atoms with Gasteiger partial charge in [-0.05, 0) is 19.3 Å². The number of aryl methyl sites for hydroxylation is 1. The van der Waals surface area contributed by atoms with Crippen molar-refractivity contribution < 1.29 is 26.3 Å². The molecule has 0 aliphatic rings. The summed E-state index contributed by atoms with van der Waals surface area (Å²) in [5.74, 6) is 0.116. The van der Waals surface area contributed by atoms with Crippen LogP contribution in [0, 0.1) is 0 Å². The van der Waals surface area contributed by atoms with Gasteiger partial charge in [0.05, 0.1) is 6.54 Å². The number of halogens is 1. The maximum Gasteiger partial charge on any atom is 0.267 e. The summed E-state index contributed by atoms with van der Waals surface area (Å²) in [4.78, 5) is 11.9. The van der Waals surface area contributed by atoms with Crippen molar-refractivity contribution in [3.05, 3.63) is 18.7 Å². The predicted molar refractivity (Wildman–Crippen MR) is 91.1 cm³/mol. The van der Waals surface area contributed by atoms with Crippen molar-refractivity contribution in [2.75, 3.05) is 5.43 Å². The first-order chi connectivity index (χ1) is 10.8. The first kappa shape index (κ1) is 22.2. The summed E-state index contributed by atoms with van der Waals surface area (Å²) in [7, 11) is 0. The largest absolute Gasteiger partial charge is 1.00 e. The zero-order valence-corrected chi connectivity index (χ0v) is 16.5. The summed E-state index contributed by atoms with van der Waals surface area (Å²) in [5.41, 5.74) is 2.92. The van der Waals surface area contributed by atoms with Gasteiger partial charge in [0.25, 0.3) is 12.2 Å². The number of hydrogen-bond donors (Lipinski definition) is 1. The summed E-state index contributed by atoms with van der Waals surface area (Å²) in [5, 5.41) is 0. The molecule has 134 valence electrons. The van der Waals surface area contributed by atoms with Gasteiger partial charge in [0.1, 0.15) is 6.20 Å². The van der Waals surface area contributed by atoms with Crippen LogP contribution in [-0.4, -0.2) is 10.6 Å². The number of carbonyl (C=O) groups excluding carboxylic acids is 1. The molecule has 1 N–H and O–H groups in total. The van der Waals surface area contributed by atoms with Crippen molar-refractivity contribution in [1.29, 1.82) is 0 Å². The second kappa shape index (κ2) is 14.7. The molecule has 0 atom stereocenters. The summed E-state index contributed by atoms with van der Waals surface area (Å²) < 4.78 is 3.90. The second-order valence-electron chi connectivity index (χ2n) is 6.17. The van der Waals surface area contributed by atoms with E-state index in [4.69, 9.17) is 0 Å². The van der Waals surface area contributed by atoms with Crippen molar-refractivity contribution in [2.45, 2.75) is 91.0 Å². The molecule has 0 radical (unpaired) electrons. The molecular formula is C18H34BrN3O. The monoisotopic (exact) mass is 387 g/mol. The van der Waals surface area contributed by atoms with E-state index in [9.17, 15) is 4.79 Å². The highest BCUT2D eigenvalue weighted by Crippen LogP contribution is 2.08. The minimum absolute atomic E-state index is 0. The lowest BCUT2D eigenvalue weighted by atomic mass is 10.1. The lowest BCUT2D eigenvalue weighted by Crippen LogP contribution is -3.00. The molecule has 0 fully saturated rings. The highest BCUT2D eigenvalue weighted by atomic mass is 79.9. The number of nitrogens with one attached hydrogen (secondary N) is 1. The van der Waals surface area contributed by atoms with Crippen LogP contribution in [0.2, 0.25) is 0 Å². The molecule has 23 heavy (non-hydrogen) atoms. The standard InChI is InChI=1S/C18H33N3O.BrH/c1-3-5-7-8-9-10-11-13-18(22)19-21-16-15-20(17-21)14-12-6-4-2;/h15-17H,3-14H2,1-2H3;1H. The van der Waals surface area contributed by atoms with Crippen LogP contribution < -0.4 is 27.0 Å². The van der Waals surface area contributed by atoms with E-state index in [-0.39, 0.29) is 22.9 Å². The van der Waals surface area contributed by atoms with Crippen molar-refractivity contribution in [3.63, 3.8) is 0 Å². The van der Waals surface area contributed by atoms with Crippen LogP contribution in [0.5, 0.6) is 0 Å². The molecule has 1 aromatic heterocycles. The van der Waals surface area contributed by atoms with E-state index in [0.29, 0.717) is 6.42 Å². The van der Waals surface area contributed by atoms with E-state index in [1.807, 2.05) is 18.7 Å². The average Bonchev–Trinajstić information content (AvgIpc) is 2.94. The minimum atomic E-state index is 0. The fraction of sp³-hybridized carbons (Fsp3) is 0.778. The van der Waals surface area contributed by atoms with Gasteiger partial charge in [0.2, 0.25) is 0 Å². The molecule has 1 amide bonds. The lowest BCUT2D eigenvalue weighted by Gasteiger charge is -2.02. The van der Waals surface area contributed by atoms with Crippen molar-refractivity contribution >= 4 is 5.91 Å². The Morgan fingerprint density at radius 2 is 1.57 bits per heavy atom. The number of hydrogen-bond acceptors (Lipinski definition) is 1. The quantitative estimate of drug-likeness (QED) is 0.400. The third kappa shape index (κ3) is 11.4. The Morgan fingerprint density at radius 3 is 2.26 bits per heavy atom. The van der Waals surface area contributed by atoms with Crippen LogP contribution in [0.3, 0.4) is 0 Å². The fourth-order valence-electron chi connectivity index (χ4n) is 2.58. The topological polar surface area (TPSA) is 37.9 Å². The normalized spacial score (nSPS) is 10.3. The molecule has 4 nitrogen and oxygen atoms in total. The molecule has 0 unspecified atom stereocenters. The molecule has 0 saturated heterocycles. The summed E-state index contributed by atoms with van der Waals surface area (Å²) in [6.07, 6.45) is 18.9. The Bertz CT molecular complexity index is 407. The number of aromatic nitrogens is 2. The van der Waals surface area contributed by atoms with Crippen LogP contribution in [0.15, 0.2) is 18.7 Å². The zero-order chi connectivity index (χ0) is 16.0. The molecule has 1 heterocycles. The fourth-order valence-corrected chi connectivity index (χ4v) is 2.58. The van der Waals surface area contributed by atoms with Gasteiger partial charge in [0, 0.05) is 6.42 Å². The molecular weight excluding hydrogens is 354 g/mol. The molecule has 0 aromatic carbocycles. The molecule has 0 bridgehead atoms. The van der Waals surface area contributed by atoms with Gasteiger partial charge in [-0.2, -0.15) is 5.43 Å². The molecule has 0 saturated carbocycles.